The molecule has 21 heavy (non-hydrogen) atoms. The van der Waals surface area contributed by atoms with Crippen LogP contribution in [-0.4, -0.2) is 59.6 Å². The van der Waals surface area contributed by atoms with Gasteiger partial charge in [-0.25, -0.2) is 0 Å². The minimum Gasteiger partial charge on any atom is -0.464 e. The van der Waals surface area contributed by atoms with Crippen LogP contribution in [0.1, 0.15) is 6.42 Å². The first-order valence-electron chi connectivity index (χ1n) is 6.91. The molecule has 8 nitrogen and oxygen atoms in total. The van der Waals surface area contributed by atoms with E-state index in [1.54, 1.807) is 6.07 Å². The van der Waals surface area contributed by atoms with Crippen molar-refractivity contribution in [1.29, 1.82) is 0 Å². The Bertz CT molecular complexity index is 540. The average Bonchev–Trinajstić information content (AvgIpc) is 2.94. The number of piperazine rings is 1. The van der Waals surface area contributed by atoms with Crippen molar-refractivity contribution in [3.8, 4) is 0 Å². The number of hydrogen-bond acceptors (Lipinski definition) is 7. The molecule has 2 aliphatic rings. The van der Waals surface area contributed by atoms with Crippen LogP contribution in [0.3, 0.4) is 0 Å². The molecule has 0 aliphatic carbocycles. The summed E-state index contributed by atoms with van der Waals surface area (Å²) in [7, 11) is 0. The Balaban J connectivity index is 1.60. The van der Waals surface area contributed by atoms with Crippen molar-refractivity contribution in [3.05, 3.63) is 28.4 Å². The summed E-state index contributed by atoms with van der Waals surface area (Å²) in [4.78, 5) is 29.8. The fourth-order valence-corrected chi connectivity index (χ4v) is 2.78. The fourth-order valence-electron chi connectivity index (χ4n) is 2.78. The smallest absolute Gasteiger partial charge is 0.363 e. The molecule has 0 N–H and O–H groups in total. The van der Waals surface area contributed by atoms with Gasteiger partial charge >= 0.3 is 11.8 Å². The third-order valence-electron chi connectivity index (χ3n) is 3.95. The lowest BCUT2D eigenvalue weighted by atomic mass is 10.1. The zero-order valence-corrected chi connectivity index (χ0v) is 11.5. The molecule has 0 spiro atoms. The van der Waals surface area contributed by atoms with Gasteiger partial charge in [0, 0.05) is 38.7 Å². The standard InChI is InChI=1S/C13H16N4O4/c18-13-11(3-8-21-13)16-6-4-15(5-7-16)10-1-2-12(14-9-10)17(19)20/h1-2,9,11H,3-8H2/t11-/m0/s1. The van der Waals surface area contributed by atoms with Crippen molar-refractivity contribution in [3.63, 3.8) is 0 Å². The van der Waals surface area contributed by atoms with Crippen LogP contribution in [-0.2, 0) is 9.53 Å². The van der Waals surface area contributed by atoms with Gasteiger partial charge in [0.05, 0.1) is 12.3 Å². The number of cyclic esters (lactones) is 1. The van der Waals surface area contributed by atoms with Gasteiger partial charge in [0.25, 0.3) is 0 Å². The highest BCUT2D eigenvalue weighted by atomic mass is 16.6. The maximum Gasteiger partial charge on any atom is 0.363 e. The molecule has 0 bridgehead atoms. The van der Waals surface area contributed by atoms with Gasteiger partial charge in [-0.05, 0) is 16.0 Å². The van der Waals surface area contributed by atoms with Crippen LogP contribution in [0.15, 0.2) is 18.3 Å². The van der Waals surface area contributed by atoms with Crippen LogP contribution in [0, 0.1) is 10.1 Å². The van der Waals surface area contributed by atoms with Crippen molar-refractivity contribution in [2.45, 2.75) is 12.5 Å². The Labute approximate surface area is 121 Å². The first-order chi connectivity index (χ1) is 10.1. The predicted molar refractivity (Wildman–Crippen MR) is 74.0 cm³/mol. The highest BCUT2D eigenvalue weighted by Crippen LogP contribution is 2.21. The van der Waals surface area contributed by atoms with Crippen molar-refractivity contribution < 1.29 is 14.5 Å². The molecule has 0 amide bonds. The first-order valence-corrected chi connectivity index (χ1v) is 6.91. The van der Waals surface area contributed by atoms with E-state index in [-0.39, 0.29) is 17.8 Å². The Morgan fingerprint density at radius 1 is 1.29 bits per heavy atom. The van der Waals surface area contributed by atoms with Crippen molar-refractivity contribution in [1.82, 2.24) is 9.88 Å². The molecular weight excluding hydrogens is 276 g/mol. The largest absolute Gasteiger partial charge is 0.464 e. The summed E-state index contributed by atoms with van der Waals surface area (Å²) in [5.74, 6) is -0.272. The fraction of sp³-hybridized carbons (Fsp3) is 0.538. The summed E-state index contributed by atoms with van der Waals surface area (Å²) in [5, 5.41) is 10.6. The predicted octanol–water partition coefficient (Wildman–Crippen LogP) is 0.427. The zero-order chi connectivity index (χ0) is 14.8. The molecule has 1 aromatic heterocycles. The Morgan fingerprint density at radius 2 is 2.05 bits per heavy atom. The minimum atomic E-state index is -0.507. The van der Waals surface area contributed by atoms with E-state index < -0.39 is 4.92 Å². The summed E-state index contributed by atoms with van der Waals surface area (Å²) in [6.45, 7) is 3.59. The molecule has 0 aromatic carbocycles. The van der Waals surface area contributed by atoms with Gasteiger partial charge in [-0.1, -0.05) is 0 Å². The van der Waals surface area contributed by atoms with Gasteiger partial charge in [-0.2, -0.15) is 0 Å². The monoisotopic (exact) mass is 292 g/mol. The maximum absolute atomic E-state index is 11.6. The van der Waals surface area contributed by atoms with Crippen LogP contribution in [0.25, 0.3) is 0 Å². The van der Waals surface area contributed by atoms with Gasteiger partial charge in [0.1, 0.15) is 6.04 Å². The molecule has 1 aromatic rings. The highest BCUT2D eigenvalue weighted by molar-refractivity contribution is 5.77. The normalized spacial score (nSPS) is 23.1. The van der Waals surface area contributed by atoms with Crippen molar-refractivity contribution in [2.75, 3.05) is 37.7 Å². The van der Waals surface area contributed by atoms with E-state index in [0.29, 0.717) is 6.61 Å². The third kappa shape index (κ3) is 2.80. The molecule has 8 heteroatoms. The summed E-state index contributed by atoms with van der Waals surface area (Å²) in [6, 6.07) is 3.02. The lowest BCUT2D eigenvalue weighted by molar-refractivity contribution is -0.389. The number of carbonyl (C=O) groups is 1. The van der Waals surface area contributed by atoms with Crippen molar-refractivity contribution in [2.24, 2.45) is 0 Å². The van der Waals surface area contributed by atoms with Gasteiger partial charge in [0.15, 0.2) is 6.20 Å². The van der Waals surface area contributed by atoms with E-state index >= 15 is 0 Å². The number of anilines is 1. The highest BCUT2D eigenvalue weighted by Gasteiger charge is 2.34. The Morgan fingerprint density at radius 3 is 2.57 bits per heavy atom. The van der Waals surface area contributed by atoms with Crippen LogP contribution >= 0.6 is 0 Å². The van der Waals surface area contributed by atoms with E-state index in [9.17, 15) is 14.9 Å². The van der Waals surface area contributed by atoms with Crippen LogP contribution in [0.5, 0.6) is 0 Å². The molecule has 0 radical (unpaired) electrons. The number of pyridine rings is 1. The molecule has 1 atom stereocenters. The maximum atomic E-state index is 11.6. The van der Waals surface area contributed by atoms with Crippen molar-refractivity contribution >= 4 is 17.5 Å². The summed E-state index contributed by atoms with van der Waals surface area (Å²) >= 11 is 0. The first kappa shape index (κ1) is 13.7. The minimum absolute atomic E-state index is 0.109. The van der Waals surface area contributed by atoms with Crippen LogP contribution in [0.2, 0.25) is 0 Å². The van der Waals surface area contributed by atoms with E-state index in [2.05, 4.69) is 14.8 Å². The molecular formula is C13H16N4O4. The van der Waals surface area contributed by atoms with Gasteiger partial charge in [-0.3, -0.25) is 9.69 Å². The number of hydrogen-bond donors (Lipinski definition) is 0. The van der Waals surface area contributed by atoms with Gasteiger partial charge in [0.2, 0.25) is 0 Å². The topological polar surface area (TPSA) is 88.8 Å². The second kappa shape index (κ2) is 5.65. The number of ether oxygens (including phenoxy) is 1. The van der Waals surface area contributed by atoms with E-state index in [1.807, 2.05) is 0 Å². The van der Waals surface area contributed by atoms with E-state index in [0.717, 1.165) is 38.3 Å². The number of esters is 1. The Kier molecular flexibility index (Phi) is 3.70. The Hall–Kier alpha value is -2.22. The lowest BCUT2D eigenvalue weighted by Crippen LogP contribution is -2.51. The molecule has 3 heterocycles. The molecule has 0 saturated carbocycles. The lowest BCUT2D eigenvalue weighted by Gasteiger charge is -2.37. The molecule has 3 rings (SSSR count). The number of carbonyl (C=O) groups excluding carboxylic acids is 1. The molecule has 2 fully saturated rings. The number of nitrogens with zero attached hydrogens (tertiary/aromatic N) is 4. The molecule has 0 unspecified atom stereocenters. The second-order valence-electron chi connectivity index (χ2n) is 5.13. The van der Waals surface area contributed by atoms with E-state index in [1.165, 1.54) is 12.3 Å². The van der Waals surface area contributed by atoms with Gasteiger partial charge in [-0.15, -0.1) is 0 Å². The number of rotatable bonds is 3. The second-order valence-corrected chi connectivity index (χ2v) is 5.13. The molecule has 112 valence electrons. The van der Waals surface area contributed by atoms with Crippen LogP contribution < -0.4 is 4.90 Å². The SMILES string of the molecule is O=C1OCC[C@@H]1N1CCN(c2ccc([N+](=O)[O-])nc2)CC1. The number of aromatic nitrogens is 1. The van der Waals surface area contributed by atoms with E-state index in [4.69, 9.17) is 4.74 Å². The molecule has 2 saturated heterocycles. The van der Waals surface area contributed by atoms with Gasteiger partial charge < -0.3 is 19.8 Å². The zero-order valence-electron chi connectivity index (χ0n) is 11.5. The summed E-state index contributed by atoms with van der Waals surface area (Å²) in [6.07, 6.45) is 2.29. The van der Waals surface area contributed by atoms with Crippen LogP contribution in [0.4, 0.5) is 11.5 Å². The third-order valence-corrected chi connectivity index (χ3v) is 3.95. The molecule has 2 aliphatic heterocycles. The summed E-state index contributed by atoms with van der Waals surface area (Å²) in [5.41, 5.74) is 0.870. The quantitative estimate of drug-likeness (QED) is 0.453. The average molecular weight is 292 g/mol. The summed E-state index contributed by atoms with van der Waals surface area (Å²) < 4.78 is 5.00. The number of nitro groups is 1.